The molecule has 2 fully saturated rings. The molecule has 2 amide bonds. The first-order chi connectivity index (χ1) is 15.3. The number of aryl methyl sites for hydroxylation is 2. The minimum Gasteiger partial charge on any atom is -0.342 e. The fourth-order valence-electron chi connectivity index (χ4n) is 5.61. The lowest BCUT2D eigenvalue weighted by Gasteiger charge is -2.35. The number of rotatable bonds is 5. The molecule has 4 heterocycles. The first-order valence-corrected chi connectivity index (χ1v) is 12.2. The average Bonchev–Trinajstić information content (AvgIpc) is 3.39. The largest absolute Gasteiger partial charge is 0.342 e. The van der Waals surface area contributed by atoms with Crippen LogP contribution in [0.5, 0.6) is 0 Å². The quantitative estimate of drug-likeness (QED) is 0.715. The van der Waals surface area contributed by atoms with Crippen LogP contribution in [0.1, 0.15) is 75.0 Å². The fraction of sp³-hybridized carbons (Fsp3) is 0.680. The van der Waals surface area contributed by atoms with Crippen LogP contribution in [-0.4, -0.2) is 62.4 Å². The summed E-state index contributed by atoms with van der Waals surface area (Å²) in [6, 6.07) is 2.07. The Bertz CT molecular complexity index is 1000. The van der Waals surface area contributed by atoms with Crippen molar-refractivity contribution in [2.45, 2.75) is 72.6 Å². The van der Waals surface area contributed by atoms with Crippen molar-refractivity contribution in [3.8, 4) is 0 Å². The van der Waals surface area contributed by atoms with Crippen molar-refractivity contribution in [2.75, 3.05) is 26.2 Å². The van der Waals surface area contributed by atoms with Gasteiger partial charge in [-0.3, -0.25) is 9.59 Å². The zero-order valence-corrected chi connectivity index (χ0v) is 20.2. The molecule has 174 valence electrons. The van der Waals surface area contributed by atoms with E-state index < -0.39 is 0 Å². The molecule has 2 aliphatic rings. The molecule has 0 saturated carbocycles. The highest BCUT2D eigenvalue weighted by Crippen LogP contribution is 2.28. The first-order valence-electron chi connectivity index (χ1n) is 12.2. The summed E-state index contributed by atoms with van der Waals surface area (Å²) in [4.78, 5) is 33.7. The number of amides is 2. The molecule has 7 nitrogen and oxygen atoms in total. The molecule has 2 saturated heterocycles. The number of carbonyl (C=O) groups is 2. The number of nitrogens with zero attached hydrogens (tertiary/aromatic N) is 5. The van der Waals surface area contributed by atoms with Crippen molar-refractivity contribution < 1.29 is 9.59 Å². The molecule has 0 unspecified atom stereocenters. The second-order valence-electron chi connectivity index (χ2n) is 10.0. The van der Waals surface area contributed by atoms with Crippen LogP contribution in [0.4, 0.5) is 0 Å². The maximum absolute atomic E-state index is 12.9. The van der Waals surface area contributed by atoms with Gasteiger partial charge in [-0.2, -0.15) is 5.10 Å². The van der Waals surface area contributed by atoms with Gasteiger partial charge in [0.15, 0.2) is 5.65 Å². The number of hydrogen-bond acceptors (Lipinski definition) is 4. The van der Waals surface area contributed by atoms with Crippen LogP contribution in [0.3, 0.4) is 0 Å². The van der Waals surface area contributed by atoms with Gasteiger partial charge in [0, 0.05) is 62.4 Å². The Hall–Kier alpha value is -2.44. The van der Waals surface area contributed by atoms with Crippen molar-refractivity contribution in [2.24, 2.45) is 11.8 Å². The van der Waals surface area contributed by atoms with Crippen molar-refractivity contribution in [3.63, 3.8) is 0 Å². The molecule has 2 aliphatic heterocycles. The lowest BCUT2D eigenvalue weighted by atomic mass is 9.91. The van der Waals surface area contributed by atoms with Crippen molar-refractivity contribution in [1.29, 1.82) is 0 Å². The van der Waals surface area contributed by atoms with E-state index in [2.05, 4.69) is 26.8 Å². The molecule has 32 heavy (non-hydrogen) atoms. The summed E-state index contributed by atoms with van der Waals surface area (Å²) in [5.74, 6) is 1.87. The molecule has 3 atom stereocenters. The van der Waals surface area contributed by atoms with Crippen molar-refractivity contribution in [1.82, 2.24) is 24.4 Å². The number of hydrogen-bond donors (Lipinski definition) is 0. The average molecular weight is 440 g/mol. The second kappa shape index (κ2) is 9.20. The number of fused-ring (bicyclic) bond motifs is 1. The molecular weight excluding hydrogens is 402 g/mol. The second-order valence-corrected chi connectivity index (χ2v) is 10.0. The minimum absolute atomic E-state index is 0.214. The third kappa shape index (κ3) is 4.52. The topological polar surface area (TPSA) is 70.8 Å². The van der Waals surface area contributed by atoms with E-state index >= 15 is 0 Å². The number of piperidine rings is 1. The molecule has 0 aromatic carbocycles. The summed E-state index contributed by atoms with van der Waals surface area (Å²) in [5, 5.41) is 4.87. The molecule has 0 bridgehead atoms. The molecule has 2 aromatic rings. The van der Waals surface area contributed by atoms with E-state index in [1.807, 2.05) is 28.2 Å². The fourth-order valence-corrected chi connectivity index (χ4v) is 5.61. The zero-order chi connectivity index (χ0) is 23.0. The van der Waals surface area contributed by atoms with Crippen LogP contribution >= 0.6 is 0 Å². The molecule has 0 spiro atoms. The zero-order valence-electron chi connectivity index (χ0n) is 20.2. The van der Waals surface area contributed by atoms with Gasteiger partial charge in [0.05, 0.1) is 5.69 Å². The van der Waals surface area contributed by atoms with Crippen LogP contribution in [0.15, 0.2) is 6.07 Å². The van der Waals surface area contributed by atoms with Gasteiger partial charge in [-0.05, 0) is 50.5 Å². The predicted molar refractivity (Wildman–Crippen MR) is 125 cm³/mol. The molecule has 0 radical (unpaired) electrons. The maximum atomic E-state index is 12.9. The first kappa shape index (κ1) is 22.7. The Balaban J connectivity index is 1.48. The Morgan fingerprint density at radius 2 is 1.78 bits per heavy atom. The standard InChI is InChI=1S/C25H37N5O2/c1-6-24(31)28-10-9-20(15-28)22-12-23-26-18(4)21(19(5)30(23)27-22)7-8-25(32)29-13-16(2)11-17(3)14-29/h12,16-17,20H,6-11,13-15H2,1-5H3/t16-,17+,20-/m0/s1. The van der Waals surface area contributed by atoms with E-state index in [1.54, 1.807) is 0 Å². The molecule has 0 aliphatic carbocycles. The van der Waals surface area contributed by atoms with Gasteiger partial charge in [-0.25, -0.2) is 9.50 Å². The summed E-state index contributed by atoms with van der Waals surface area (Å²) < 4.78 is 1.93. The Morgan fingerprint density at radius 3 is 2.47 bits per heavy atom. The van der Waals surface area contributed by atoms with Gasteiger partial charge in [0.2, 0.25) is 11.8 Å². The molecule has 7 heteroatoms. The van der Waals surface area contributed by atoms with E-state index in [0.717, 1.165) is 60.9 Å². The van der Waals surface area contributed by atoms with Crippen LogP contribution in [-0.2, 0) is 16.0 Å². The number of carbonyl (C=O) groups excluding carboxylic acids is 2. The Labute approximate surface area is 191 Å². The van der Waals surface area contributed by atoms with Crippen molar-refractivity contribution >= 4 is 17.5 Å². The highest BCUT2D eigenvalue weighted by Gasteiger charge is 2.29. The van der Waals surface area contributed by atoms with Gasteiger partial charge in [-0.1, -0.05) is 20.8 Å². The van der Waals surface area contributed by atoms with Crippen LogP contribution in [0.25, 0.3) is 5.65 Å². The summed E-state index contributed by atoms with van der Waals surface area (Å²) in [5.41, 5.74) is 5.02. The third-order valence-electron chi connectivity index (χ3n) is 7.26. The normalized spacial score (nSPS) is 23.8. The van der Waals surface area contributed by atoms with Crippen LogP contribution in [0.2, 0.25) is 0 Å². The summed E-state index contributed by atoms with van der Waals surface area (Å²) in [6.07, 6.45) is 3.90. The van der Waals surface area contributed by atoms with Crippen LogP contribution < -0.4 is 0 Å². The molecular formula is C25H37N5O2. The Kier molecular flexibility index (Phi) is 6.54. The number of likely N-dealkylation sites (tertiary alicyclic amines) is 2. The van der Waals surface area contributed by atoms with Gasteiger partial charge < -0.3 is 9.80 Å². The smallest absolute Gasteiger partial charge is 0.222 e. The van der Waals surface area contributed by atoms with E-state index in [0.29, 0.717) is 31.1 Å². The van der Waals surface area contributed by atoms with E-state index in [-0.39, 0.29) is 17.7 Å². The lowest BCUT2D eigenvalue weighted by Crippen LogP contribution is -2.42. The number of aromatic nitrogens is 3. The SMILES string of the molecule is CCC(=O)N1CC[C@H](c2cc3nc(C)c(CCC(=O)N4C[C@H](C)C[C@H](C)C4)c(C)n3n2)C1. The minimum atomic E-state index is 0.214. The lowest BCUT2D eigenvalue weighted by molar-refractivity contribution is -0.134. The van der Waals surface area contributed by atoms with Gasteiger partial charge >= 0.3 is 0 Å². The summed E-state index contributed by atoms with van der Waals surface area (Å²) in [7, 11) is 0. The molecule has 0 N–H and O–H groups in total. The molecule has 4 rings (SSSR count). The van der Waals surface area contributed by atoms with Gasteiger partial charge in [0.25, 0.3) is 0 Å². The maximum Gasteiger partial charge on any atom is 0.222 e. The van der Waals surface area contributed by atoms with E-state index in [9.17, 15) is 9.59 Å². The van der Waals surface area contributed by atoms with E-state index in [1.165, 1.54) is 6.42 Å². The Morgan fingerprint density at radius 1 is 1.06 bits per heavy atom. The highest BCUT2D eigenvalue weighted by molar-refractivity contribution is 5.77. The van der Waals surface area contributed by atoms with E-state index in [4.69, 9.17) is 10.1 Å². The summed E-state index contributed by atoms with van der Waals surface area (Å²) in [6.45, 7) is 13.8. The summed E-state index contributed by atoms with van der Waals surface area (Å²) >= 11 is 0. The third-order valence-corrected chi connectivity index (χ3v) is 7.26. The van der Waals surface area contributed by atoms with Gasteiger partial charge in [0.1, 0.15) is 0 Å². The predicted octanol–water partition coefficient (Wildman–Crippen LogP) is 3.51. The van der Waals surface area contributed by atoms with Crippen molar-refractivity contribution in [3.05, 3.63) is 28.7 Å². The molecule has 2 aromatic heterocycles. The van der Waals surface area contributed by atoms with Crippen LogP contribution in [0, 0.1) is 25.7 Å². The van der Waals surface area contributed by atoms with Gasteiger partial charge in [-0.15, -0.1) is 0 Å². The highest BCUT2D eigenvalue weighted by atomic mass is 16.2. The monoisotopic (exact) mass is 439 g/mol.